The molecular formula is C73H143N2O6P. The van der Waals surface area contributed by atoms with Gasteiger partial charge in [0.25, 0.3) is 7.82 Å². The zero-order valence-corrected chi connectivity index (χ0v) is 56.6. The van der Waals surface area contributed by atoms with Crippen LogP contribution in [-0.4, -0.2) is 68.5 Å². The van der Waals surface area contributed by atoms with Crippen LogP contribution in [0.3, 0.4) is 0 Å². The number of quaternary nitrogens is 1. The second-order valence-electron chi connectivity index (χ2n) is 26.3. The lowest BCUT2D eigenvalue weighted by atomic mass is 10.0. The van der Waals surface area contributed by atoms with Crippen LogP contribution in [0.1, 0.15) is 373 Å². The lowest BCUT2D eigenvalue weighted by Crippen LogP contribution is -2.45. The minimum Gasteiger partial charge on any atom is -0.756 e. The second kappa shape index (κ2) is 64.2. The molecule has 2 N–H and O–H groups in total. The largest absolute Gasteiger partial charge is 0.756 e. The average Bonchev–Trinajstić information content (AvgIpc) is 3.46. The zero-order chi connectivity index (χ0) is 59.8. The molecule has 9 heteroatoms. The first-order chi connectivity index (χ1) is 40.0. The maximum absolute atomic E-state index is 13.0. The molecule has 3 unspecified atom stereocenters. The van der Waals surface area contributed by atoms with Gasteiger partial charge in [0.1, 0.15) is 13.2 Å². The molecule has 0 heterocycles. The van der Waals surface area contributed by atoms with Gasteiger partial charge in [0.05, 0.1) is 39.9 Å². The summed E-state index contributed by atoms with van der Waals surface area (Å²) in [6.07, 6.45) is 85.7. The first kappa shape index (κ1) is 80.7. The summed E-state index contributed by atoms with van der Waals surface area (Å²) >= 11 is 0. The van der Waals surface area contributed by atoms with Crippen molar-refractivity contribution >= 4 is 13.7 Å². The topological polar surface area (TPSA) is 108 Å². The van der Waals surface area contributed by atoms with E-state index in [4.69, 9.17) is 9.05 Å². The summed E-state index contributed by atoms with van der Waals surface area (Å²) in [5.74, 6) is -0.189. The van der Waals surface area contributed by atoms with Crippen LogP contribution >= 0.6 is 7.82 Å². The molecule has 0 aromatic carbocycles. The summed E-state index contributed by atoms with van der Waals surface area (Å²) < 4.78 is 23.5. The van der Waals surface area contributed by atoms with Crippen LogP contribution in [0, 0.1) is 0 Å². The summed E-state index contributed by atoms with van der Waals surface area (Å²) in [6, 6.07) is -0.885. The lowest BCUT2D eigenvalue weighted by molar-refractivity contribution is -0.870. The standard InChI is InChI=1S/C73H143N2O6P/c1-6-8-10-12-14-16-18-20-22-24-26-28-29-30-31-32-33-34-35-36-37-38-39-40-41-42-43-44-45-47-49-51-53-55-57-59-61-63-65-67-73(77)74-71(70-81-82(78,79)80-69-68-75(3,4)5)72(76)66-64-62-60-58-56-54-52-50-48-46-27-25-23-21-19-17-15-13-11-9-7-2/h18,20,24,26,64,66,71-72,76H,6-17,19,21-23,25,27-63,65,67-70H2,1-5H3,(H-,74,77,78,79)/b20-18-,26-24-,66-64+. The third-order valence-corrected chi connectivity index (χ3v) is 17.8. The number of phosphoric ester groups is 1. The fourth-order valence-corrected chi connectivity index (χ4v) is 11.9. The molecule has 0 aromatic rings. The highest BCUT2D eigenvalue weighted by Crippen LogP contribution is 2.38. The Labute approximate surface area is 512 Å². The predicted octanol–water partition coefficient (Wildman–Crippen LogP) is 22.6. The van der Waals surface area contributed by atoms with Crippen molar-refractivity contribution in [2.24, 2.45) is 0 Å². The molecule has 82 heavy (non-hydrogen) atoms. The normalized spacial score (nSPS) is 13.8. The Morgan fingerprint density at radius 3 is 1.01 bits per heavy atom. The zero-order valence-electron chi connectivity index (χ0n) is 55.7. The van der Waals surface area contributed by atoms with Gasteiger partial charge >= 0.3 is 0 Å². The number of rotatable bonds is 68. The van der Waals surface area contributed by atoms with Gasteiger partial charge in [-0.3, -0.25) is 9.36 Å². The monoisotopic (exact) mass is 1180 g/mol. The van der Waals surface area contributed by atoms with Crippen LogP contribution < -0.4 is 10.2 Å². The molecule has 0 spiro atoms. The minimum absolute atomic E-state index is 0.00171. The van der Waals surface area contributed by atoms with E-state index in [1.54, 1.807) is 6.08 Å². The van der Waals surface area contributed by atoms with Gasteiger partial charge in [-0.1, -0.05) is 352 Å². The van der Waals surface area contributed by atoms with E-state index in [1.807, 2.05) is 27.2 Å². The Morgan fingerprint density at radius 1 is 0.427 bits per heavy atom. The molecule has 0 radical (unpaired) electrons. The average molecular weight is 1180 g/mol. The van der Waals surface area contributed by atoms with Crippen molar-refractivity contribution in [3.05, 3.63) is 36.5 Å². The number of phosphoric acid groups is 1. The number of aliphatic hydroxyl groups is 1. The highest BCUT2D eigenvalue weighted by atomic mass is 31.2. The van der Waals surface area contributed by atoms with Crippen LogP contribution in [0.25, 0.3) is 0 Å². The molecule has 0 aliphatic rings. The molecule has 8 nitrogen and oxygen atoms in total. The molecule has 0 bridgehead atoms. The molecule has 0 aliphatic heterocycles. The summed E-state index contributed by atoms with van der Waals surface area (Å²) in [6.45, 7) is 4.70. The molecule has 0 aromatic heterocycles. The molecule has 0 aliphatic carbocycles. The Morgan fingerprint density at radius 2 is 0.707 bits per heavy atom. The third kappa shape index (κ3) is 66.2. The third-order valence-electron chi connectivity index (χ3n) is 16.8. The molecule has 0 saturated heterocycles. The quantitative estimate of drug-likeness (QED) is 0.0272. The van der Waals surface area contributed by atoms with Crippen LogP contribution in [0.15, 0.2) is 36.5 Å². The van der Waals surface area contributed by atoms with E-state index in [1.165, 1.54) is 308 Å². The highest BCUT2D eigenvalue weighted by molar-refractivity contribution is 7.45. The number of unbranched alkanes of at least 4 members (excludes halogenated alkanes) is 51. The van der Waals surface area contributed by atoms with Gasteiger partial charge in [-0.15, -0.1) is 0 Å². The van der Waals surface area contributed by atoms with Gasteiger partial charge < -0.3 is 28.8 Å². The van der Waals surface area contributed by atoms with Crippen LogP contribution in [0.5, 0.6) is 0 Å². The molecule has 0 fully saturated rings. The summed E-state index contributed by atoms with van der Waals surface area (Å²) in [4.78, 5) is 25.6. The van der Waals surface area contributed by atoms with Crippen LogP contribution in [0.4, 0.5) is 0 Å². The predicted molar refractivity (Wildman–Crippen MR) is 358 cm³/mol. The first-order valence-corrected chi connectivity index (χ1v) is 37.8. The summed E-state index contributed by atoms with van der Waals surface area (Å²) in [5.41, 5.74) is 0. The number of hydrogen-bond donors (Lipinski definition) is 2. The SMILES string of the molecule is CCCCCCC/C=C\C/C=C\CCCCCCCCCCCCCCCCCCCCCCCCCCCCCC(=O)NC(COP(=O)([O-])OCC[N+](C)(C)C)C(O)/C=C/CCCCCCCCCCCCCCCCCCCCC. The number of likely N-dealkylation sites (N-methyl/N-ethyl adjacent to an activating group) is 1. The summed E-state index contributed by atoms with van der Waals surface area (Å²) in [7, 11) is 1.28. The Kier molecular flexibility index (Phi) is 63.2. The van der Waals surface area contributed by atoms with Crippen molar-refractivity contribution < 1.29 is 32.9 Å². The van der Waals surface area contributed by atoms with E-state index in [2.05, 4.69) is 43.5 Å². The number of nitrogens with one attached hydrogen (secondary N) is 1. The van der Waals surface area contributed by atoms with Crippen molar-refractivity contribution in [1.82, 2.24) is 5.32 Å². The highest BCUT2D eigenvalue weighted by Gasteiger charge is 2.23. The molecule has 0 saturated carbocycles. The van der Waals surface area contributed by atoms with E-state index >= 15 is 0 Å². The van der Waals surface area contributed by atoms with E-state index in [0.717, 1.165) is 44.9 Å². The van der Waals surface area contributed by atoms with E-state index in [-0.39, 0.29) is 19.1 Å². The van der Waals surface area contributed by atoms with Crippen molar-refractivity contribution in [3.8, 4) is 0 Å². The van der Waals surface area contributed by atoms with Gasteiger partial charge in [0, 0.05) is 6.42 Å². The number of carbonyl (C=O) groups excluding carboxylic acids is 1. The summed E-state index contributed by atoms with van der Waals surface area (Å²) in [5, 5.41) is 14.0. The van der Waals surface area contributed by atoms with Gasteiger partial charge in [0.15, 0.2) is 0 Å². The second-order valence-corrected chi connectivity index (χ2v) is 27.7. The molecule has 3 atom stereocenters. The molecule has 0 rings (SSSR count). The van der Waals surface area contributed by atoms with Crippen molar-refractivity contribution in [3.63, 3.8) is 0 Å². The number of hydrogen-bond acceptors (Lipinski definition) is 6. The smallest absolute Gasteiger partial charge is 0.268 e. The maximum atomic E-state index is 13.0. The van der Waals surface area contributed by atoms with Crippen molar-refractivity contribution in [2.45, 2.75) is 386 Å². The lowest BCUT2D eigenvalue weighted by Gasteiger charge is -2.29. The van der Waals surface area contributed by atoms with Gasteiger partial charge in [-0.05, 0) is 51.4 Å². The fraction of sp³-hybridized carbons (Fsp3) is 0.904. The Hall–Kier alpha value is -1.28. The van der Waals surface area contributed by atoms with E-state index in [0.29, 0.717) is 17.4 Å². The Balaban J connectivity index is 3.92. The van der Waals surface area contributed by atoms with Gasteiger partial charge in [-0.25, -0.2) is 0 Å². The van der Waals surface area contributed by atoms with E-state index in [9.17, 15) is 19.4 Å². The van der Waals surface area contributed by atoms with E-state index < -0.39 is 20.0 Å². The van der Waals surface area contributed by atoms with Gasteiger partial charge in [0.2, 0.25) is 5.91 Å². The van der Waals surface area contributed by atoms with Gasteiger partial charge in [-0.2, -0.15) is 0 Å². The fourth-order valence-electron chi connectivity index (χ4n) is 11.2. The number of aliphatic hydroxyl groups excluding tert-OH is 1. The number of amides is 1. The minimum atomic E-state index is -4.60. The maximum Gasteiger partial charge on any atom is 0.268 e. The molecule has 1 amide bonds. The van der Waals surface area contributed by atoms with Crippen molar-refractivity contribution in [1.29, 1.82) is 0 Å². The Bertz CT molecular complexity index is 1430. The number of allylic oxidation sites excluding steroid dienone is 5. The first-order valence-electron chi connectivity index (χ1n) is 36.4. The number of nitrogens with zero attached hydrogens (tertiary/aromatic N) is 1. The number of carbonyl (C=O) groups is 1. The van der Waals surface area contributed by atoms with Crippen molar-refractivity contribution in [2.75, 3.05) is 40.9 Å². The van der Waals surface area contributed by atoms with Crippen LogP contribution in [0.2, 0.25) is 0 Å². The molecule has 486 valence electrons. The molecular weight excluding hydrogens is 1030 g/mol. The van der Waals surface area contributed by atoms with Crippen LogP contribution in [-0.2, 0) is 18.4 Å².